The number of methoxy groups -OCH3 is 1. The first-order valence-corrected chi connectivity index (χ1v) is 13.1. The number of halogens is 3. The highest BCUT2D eigenvalue weighted by atomic mass is 32.2. The van der Waals surface area contributed by atoms with E-state index >= 15 is 0 Å². The van der Waals surface area contributed by atoms with Gasteiger partial charge in [-0.15, -0.1) is 0 Å². The van der Waals surface area contributed by atoms with Gasteiger partial charge >= 0.3 is 12.3 Å². The Hall–Kier alpha value is -2.29. The standard InChI is InChI=1S/C24H38F3N5O5S/c1-21(2,3)37-20(33)30-18(14-36-23(7,8)24(25,26)27)16-12-32-19(29-16)10-15(11-28-32)17(13-35-9)31-38(34)22(4,5)6/h10-12,17-18,31H,13-14H2,1-9H3,(H,30,33)/t17-,18+,38?/m1/s1. The minimum absolute atomic E-state index is 0.205. The van der Waals surface area contributed by atoms with Crippen LogP contribution in [0.5, 0.6) is 0 Å². The fourth-order valence-corrected chi connectivity index (χ4v) is 3.78. The zero-order chi connectivity index (χ0) is 29.1. The quantitative estimate of drug-likeness (QED) is 0.439. The first-order valence-electron chi connectivity index (χ1n) is 12.0. The average Bonchev–Trinajstić information content (AvgIpc) is 3.16. The molecule has 0 spiro atoms. The van der Waals surface area contributed by atoms with Gasteiger partial charge in [0.25, 0.3) is 0 Å². The molecule has 0 fully saturated rings. The molecule has 10 nitrogen and oxygen atoms in total. The third-order valence-corrected chi connectivity index (χ3v) is 6.85. The molecule has 2 heterocycles. The van der Waals surface area contributed by atoms with E-state index in [0.717, 1.165) is 13.8 Å². The second kappa shape index (κ2) is 11.8. The molecule has 38 heavy (non-hydrogen) atoms. The smallest absolute Gasteiger partial charge is 0.416 e. The van der Waals surface area contributed by atoms with Crippen LogP contribution in [0.2, 0.25) is 0 Å². The topological polar surface area (TPSA) is 116 Å². The fourth-order valence-electron chi connectivity index (χ4n) is 2.96. The highest BCUT2D eigenvalue weighted by Gasteiger charge is 2.49. The number of nitrogens with zero attached hydrogens (tertiary/aromatic N) is 3. The number of alkyl carbamates (subject to hydrolysis) is 1. The monoisotopic (exact) mass is 565 g/mol. The molecule has 0 aliphatic carbocycles. The Morgan fingerprint density at radius 1 is 1.08 bits per heavy atom. The fraction of sp³-hybridized carbons (Fsp3) is 0.708. The number of nitrogens with one attached hydrogen (secondary N) is 2. The number of alkyl halides is 3. The molecular weight excluding hydrogens is 527 g/mol. The number of hydrogen-bond acceptors (Lipinski definition) is 7. The molecule has 216 valence electrons. The van der Waals surface area contributed by atoms with Crippen molar-refractivity contribution in [1.29, 1.82) is 0 Å². The Morgan fingerprint density at radius 3 is 2.24 bits per heavy atom. The summed E-state index contributed by atoms with van der Waals surface area (Å²) in [7, 11) is 0.123. The lowest BCUT2D eigenvalue weighted by atomic mass is 10.1. The normalized spacial score (nSPS) is 15.8. The van der Waals surface area contributed by atoms with Crippen molar-refractivity contribution in [3.63, 3.8) is 0 Å². The largest absolute Gasteiger partial charge is 0.444 e. The van der Waals surface area contributed by atoms with Crippen LogP contribution in [0.1, 0.15) is 78.7 Å². The van der Waals surface area contributed by atoms with Gasteiger partial charge in [-0.3, -0.25) is 0 Å². The number of carbonyl (C=O) groups excluding carboxylic acids is 1. The summed E-state index contributed by atoms with van der Waals surface area (Å²) in [6.45, 7) is 12.0. The van der Waals surface area contributed by atoms with E-state index in [1.165, 1.54) is 17.8 Å². The van der Waals surface area contributed by atoms with Crippen LogP contribution in [0.25, 0.3) is 5.65 Å². The van der Waals surface area contributed by atoms with Gasteiger partial charge in [0.2, 0.25) is 0 Å². The Morgan fingerprint density at radius 2 is 1.71 bits per heavy atom. The van der Waals surface area contributed by atoms with Crippen molar-refractivity contribution in [2.75, 3.05) is 20.3 Å². The number of amides is 1. The van der Waals surface area contributed by atoms with Gasteiger partial charge < -0.3 is 19.5 Å². The van der Waals surface area contributed by atoms with Gasteiger partial charge in [0, 0.05) is 7.11 Å². The van der Waals surface area contributed by atoms with Crippen molar-refractivity contribution >= 4 is 22.7 Å². The molecule has 2 aromatic rings. The van der Waals surface area contributed by atoms with Crippen LogP contribution in [-0.2, 0) is 25.2 Å². The minimum atomic E-state index is -4.63. The summed E-state index contributed by atoms with van der Waals surface area (Å²) in [6, 6.07) is 0.153. The summed E-state index contributed by atoms with van der Waals surface area (Å²) in [4.78, 5) is 16.9. The van der Waals surface area contributed by atoms with Crippen molar-refractivity contribution in [2.24, 2.45) is 0 Å². The van der Waals surface area contributed by atoms with Gasteiger partial charge in [0.1, 0.15) is 5.60 Å². The molecule has 0 saturated carbocycles. The van der Waals surface area contributed by atoms with Gasteiger partial charge in [0.05, 0.1) is 59.1 Å². The summed E-state index contributed by atoms with van der Waals surface area (Å²) in [6.07, 6.45) is -2.43. The van der Waals surface area contributed by atoms with Crippen molar-refractivity contribution in [3.05, 3.63) is 29.7 Å². The van der Waals surface area contributed by atoms with Crippen molar-refractivity contribution in [3.8, 4) is 0 Å². The van der Waals surface area contributed by atoms with Crippen LogP contribution in [0.4, 0.5) is 18.0 Å². The third-order valence-electron chi connectivity index (χ3n) is 5.24. The summed E-state index contributed by atoms with van der Waals surface area (Å²) in [5.74, 6) is 0. The molecule has 2 aromatic heterocycles. The molecule has 0 aromatic carbocycles. The summed E-state index contributed by atoms with van der Waals surface area (Å²) in [5, 5.41) is 6.88. The minimum Gasteiger partial charge on any atom is -0.444 e. The number of imidazole rings is 1. The molecule has 0 aliphatic heterocycles. The molecule has 0 aliphatic rings. The van der Waals surface area contributed by atoms with E-state index in [9.17, 15) is 22.2 Å². The molecule has 0 bridgehead atoms. The third kappa shape index (κ3) is 8.89. The van der Waals surface area contributed by atoms with E-state index < -0.39 is 57.9 Å². The lowest BCUT2D eigenvalue weighted by Crippen LogP contribution is -2.44. The van der Waals surface area contributed by atoms with Gasteiger partial charge in [-0.25, -0.2) is 23.2 Å². The van der Waals surface area contributed by atoms with Gasteiger partial charge in [-0.05, 0) is 67.0 Å². The maximum absolute atomic E-state index is 13.4. The Kier molecular flexibility index (Phi) is 9.95. The number of fused-ring (bicyclic) bond motifs is 1. The van der Waals surface area contributed by atoms with Gasteiger partial charge in [-0.1, -0.05) is 0 Å². The van der Waals surface area contributed by atoms with E-state index in [1.807, 2.05) is 20.8 Å². The molecule has 1 amide bonds. The first kappa shape index (κ1) is 31.9. The van der Waals surface area contributed by atoms with Crippen LogP contribution in [0.3, 0.4) is 0 Å². The zero-order valence-corrected chi connectivity index (χ0v) is 24.0. The maximum atomic E-state index is 13.4. The number of hydrogen-bond donors (Lipinski definition) is 2. The van der Waals surface area contributed by atoms with Crippen LogP contribution in [0.15, 0.2) is 18.5 Å². The Labute approximate surface area is 223 Å². The molecule has 0 saturated heterocycles. The number of carbonyl (C=O) groups is 1. The molecule has 2 rings (SSSR count). The van der Waals surface area contributed by atoms with E-state index in [4.69, 9.17) is 14.2 Å². The second-order valence-corrected chi connectivity index (χ2v) is 13.3. The zero-order valence-electron chi connectivity index (χ0n) is 23.2. The summed E-state index contributed by atoms with van der Waals surface area (Å²) in [5.41, 5.74) is -2.08. The van der Waals surface area contributed by atoms with Gasteiger partial charge in [-0.2, -0.15) is 18.3 Å². The highest BCUT2D eigenvalue weighted by molar-refractivity contribution is 7.84. The van der Waals surface area contributed by atoms with E-state index in [-0.39, 0.29) is 12.3 Å². The summed E-state index contributed by atoms with van der Waals surface area (Å²) >= 11 is 0. The van der Waals surface area contributed by atoms with Gasteiger partial charge in [0.15, 0.2) is 11.2 Å². The van der Waals surface area contributed by atoms with Crippen molar-refractivity contribution < 1.29 is 36.4 Å². The molecule has 2 N–H and O–H groups in total. The molecule has 3 atom stereocenters. The van der Waals surface area contributed by atoms with E-state index in [1.54, 1.807) is 33.0 Å². The summed E-state index contributed by atoms with van der Waals surface area (Å²) < 4.78 is 72.5. The molecular formula is C24H38F3N5O5S. The van der Waals surface area contributed by atoms with Crippen LogP contribution in [0, 0.1) is 0 Å². The SMILES string of the molecule is COC[C@@H](NS(=O)C(C)(C)C)c1cnn2cc([C@H](COC(C)(C)C(F)(F)F)NC(=O)OC(C)(C)C)nc2c1. The molecule has 1 unspecified atom stereocenters. The molecule has 0 radical (unpaired) electrons. The van der Waals surface area contributed by atoms with Crippen molar-refractivity contribution in [2.45, 2.75) is 89.6 Å². The second-order valence-electron chi connectivity index (χ2n) is 11.3. The number of ether oxygens (including phenoxy) is 3. The van der Waals surface area contributed by atoms with Crippen LogP contribution >= 0.6 is 0 Å². The number of aromatic nitrogens is 3. The van der Waals surface area contributed by atoms with E-state index in [0.29, 0.717) is 11.2 Å². The first-order chi connectivity index (χ1) is 17.2. The average molecular weight is 566 g/mol. The van der Waals surface area contributed by atoms with Crippen molar-refractivity contribution in [1.82, 2.24) is 24.6 Å². The lowest BCUT2D eigenvalue weighted by molar-refractivity contribution is -0.265. The highest BCUT2D eigenvalue weighted by Crippen LogP contribution is 2.34. The predicted octanol–water partition coefficient (Wildman–Crippen LogP) is 4.39. The lowest BCUT2D eigenvalue weighted by Gasteiger charge is -2.30. The van der Waals surface area contributed by atoms with Crippen LogP contribution in [-0.4, -0.2) is 67.3 Å². The number of rotatable bonds is 10. The Bertz CT molecular complexity index is 1130. The Balaban J connectivity index is 2.40. The molecule has 14 heteroatoms. The van der Waals surface area contributed by atoms with E-state index in [2.05, 4.69) is 20.1 Å². The van der Waals surface area contributed by atoms with Crippen LogP contribution < -0.4 is 10.0 Å². The predicted molar refractivity (Wildman–Crippen MR) is 137 cm³/mol. The maximum Gasteiger partial charge on any atom is 0.416 e.